The van der Waals surface area contributed by atoms with Gasteiger partial charge < -0.3 is 5.21 Å². The van der Waals surface area contributed by atoms with E-state index in [0.29, 0.717) is 12.3 Å². The van der Waals surface area contributed by atoms with E-state index in [0.717, 1.165) is 34.2 Å². The molecule has 2 saturated carbocycles. The number of sulfonamides is 1. The van der Waals surface area contributed by atoms with Gasteiger partial charge >= 0.3 is 0 Å². The summed E-state index contributed by atoms with van der Waals surface area (Å²) < 4.78 is 27.3. The molecule has 1 saturated heterocycles. The van der Waals surface area contributed by atoms with Crippen molar-refractivity contribution in [3.05, 3.63) is 35.9 Å². The number of nitrogens with zero attached hydrogens (tertiary/aromatic N) is 2. The van der Waals surface area contributed by atoms with Crippen LogP contribution in [-0.2, 0) is 21.4 Å². The zero-order valence-corrected chi connectivity index (χ0v) is 17.7. The lowest BCUT2D eigenvalue weighted by Gasteiger charge is -2.37. The number of carbonyl (C=O) groups excluding carboxylic acids is 1. The summed E-state index contributed by atoms with van der Waals surface area (Å²) in [6.07, 6.45) is 3.00. The summed E-state index contributed by atoms with van der Waals surface area (Å²) >= 11 is 0. The fourth-order valence-electron chi connectivity index (χ4n) is 6.12. The van der Waals surface area contributed by atoms with Crippen molar-refractivity contribution in [1.29, 1.82) is 0 Å². The summed E-state index contributed by atoms with van der Waals surface area (Å²) in [6.45, 7) is 6.32. The molecule has 1 heterocycles. The molecule has 1 aromatic carbocycles. The molecule has 7 heteroatoms. The molecule has 1 aromatic rings. The zero-order chi connectivity index (χ0) is 20.3. The summed E-state index contributed by atoms with van der Waals surface area (Å²) in [5.74, 6) is 0.0320. The van der Waals surface area contributed by atoms with Crippen LogP contribution in [0.15, 0.2) is 30.3 Å². The number of hydroxylamine groups is 2. The van der Waals surface area contributed by atoms with Gasteiger partial charge in [-0.3, -0.25) is 4.79 Å². The molecule has 3 fully saturated rings. The van der Waals surface area contributed by atoms with E-state index in [4.69, 9.17) is 0 Å². The Labute approximate surface area is 167 Å². The van der Waals surface area contributed by atoms with Crippen LogP contribution >= 0.6 is 0 Å². The van der Waals surface area contributed by atoms with Gasteiger partial charge in [0, 0.05) is 12.0 Å². The van der Waals surface area contributed by atoms with E-state index in [1.165, 1.54) is 0 Å². The summed E-state index contributed by atoms with van der Waals surface area (Å²) in [5.41, 5.74) is 0.451. The highest BCUT2D eigenvalue weighted by Crippen LogP contribution is 2.70. The maximum atomic E-state index is 13.4. The molecule has 0 aromatic heterocycles. The normalized spacial score (nSPS) is 33.2. The SMILES string of the molecule is CC[C@H](C(=O)N1[C@H]2C[C@@H]3CC[C@@]2(CS1(=O)=O)C3(C)C)N(O)Cc1ccccc1. The van der Waals surface area contributed by atoms with Crippen LogP contribution in [0.3, 0.4) is 0 Å². The Balaban J connectivity index is 1.61. The lowest BCUT2D eigenvalue weighted by molar-refractivity contribution is -0.166. The fourth-order valence-corrected chi connectivity index (χ4v) is 8.69. The standard InChI is InChI=1S/C21H30N2O4S/c1-4-17(22(25)13-15-8-6-5-7-9-15)19(24)23-18-12-16-10-11-21(18,20(16,2)3)14-28(23,26)27/h5-9,16-18,25H,4,10-14H2,1-3H3/t16-,17+,18-,21-/m0/s1. The van der Waals surface area contributed by atoms with Crippen molar-refractivity contribution in [1.82, 2.24) is 9.37 Å². The van der Waals surface area contributed by atoms with Crippen molar-refractivity contribution < 1.29 is 18.4 Å². The molecule has 0 unspecified atom stereocenters. The lowest BCUT2D eigenvalue weighted by atomic mass is 9.69. The fraction of sp³-hybridized carbons (Fsp3) is 0.667. The van der Waals surface area contributed by atoms with E-state index in [-0.39, 0.29) is 29.2 Å². The molecule has 1 spiro atoms. The molecule has 6 nitrogen and oxygen atoms in total. The van der Waals surface area contributed by atoms with Crippen molar-refractivity contribution in [2.75, 3.05) is 5.75 Å². The number of amides is 1. The third-order valence-corrected chi connectivity index (χ3v) is 9.76. The molecule has 1 N–H and O–H groups in total. The van der Waals surface area contributed by atoms with Gasteiger partial charge in [-0.15, -0.1) is 0 Å². The first kappa shape index (κ1) is 19.9. The molecule has 0 radical (unpaired) electrons. The predicted octanol–water partition coefficient (Wildman–Crippen LogP) is 3.02. The van der Waals surface area contributed by atoms with E-state index in [1.807, 2.05) is 30.3 Å². The second-order valence-corrected chi connectivity index (χ2v) is 11.1. The van der Waals surface area contributed by atoms with Gasteiger partial charge in [0.25, 0.3) is 5.91 Å². The van der Waals surface area contributed by atoms with Crippen LogP contribution in [-0.4, -0.2) is 46.7 Å². The number of carbonyl (C=O) groups is 1. The number of rotatable bonds is 5. The number of fused-ring (bicyclic) bond motifs is 1. The Bertz CT molecular complexity index is 870. The highest BCUT2D eigenvalue weighted by molar-refractivity contribution is 7.90. The molecule has 3 aliphatic rings. The van der Waals surface area contributed by atoms with E-state index < -0.39 is 22.0 Å². The molecule has 2 aliphatic carbocycles. The molecule has 1 aliphatic heterocycles. The highest BCUT2D eigenvalue weighted by atomic mass is 32.2. The Morgan fingerprint density at radius 3 is 2.61 bits per heavy atom. The quantitative estimate of drug-likeness (QED) is 0.761. The zero-order valence-electron chi connectivity index (χ0n) is 16.8. The molecule has 28 heavy (non-hydrogen) atoms. The summed E-state index contributed by atoms with van der Waals surface area (Å²) in [7, 11) is -3.68. The Kier molecular flexibility index (Phi) is 4.64. The Morgan fingerprint density at radius 1 is 1.32 bits per heavy atom. The minimum Gasteiger partial charge on any atom is -0.313 e. The monoisotopic (exact) mass is 406 g/mol. The molecule has 4 atom stereocenters. The van der Waals surface area contributed by atoms with Crippen LogP contribution in [0, 0.1) is 16.7 Å². The van der Waals surface area contributed by atoms with E-state index in [1.54, 1.807) is 6.92 Å². The van der Waals surface area contributed by atoms with Crippen LogP contribution in [0.4, 0.5) is 0 Å². The van der Waals surface area contributed by atoms with Gasteiger partial charge in [-0.1, -0.05) is 51.1 Å². The van der Waals surface area contributed by atoms with Gasteiger partial charge in [-0.25, -0.2) is 12.7 Å². The Morgan fingerprint density at radius 2 is 2.00 bits per heavy atom. The van der Waals surface area contributed by atoms with E-state index in [9.17, 15) is 18.4 Å². The molecule has 2 bridgehead atoms. The largest absolute Gasteiger partial charge is 0.313 e. The van der Waals surface area contributed by atoms with Gasteiger partial charge in [0.2, 0.25) is 10.0 Å². The summed E-state index contributed by atoms with van der Waals surface area (Å²) in [5, 5.41) is 11.6. The van der Waals surface area contributed by atoms with Crippen molar-refractivity contribution in [2.45, 2.75) is 65.1 Å². The van der Waals surface area contributed by atoms with Gasteiger partial charge in [-0.05, 0) is 42.6 Å². The van der Waals surface area contributed by atoms with Gasteiger partial charge in [0.05, 0.1) is 11.8 Å². The van der Waals surface area contributed by atoms with Crippen molar-refractivity contribution in [3.63, 3.8) is 0 Å². The first-order valence-corrected chi connectivity index (χ1v) is 11.8. The molecular formula is C21H30N2O4S. The van der Waals surface area contributed by atoms with E-state index >= 15 is 0 Å². The number of hydrogen-bond acceptors (Lipinski definition) is 5. The van der Waals surface area contributed by atoms with Crippen molar-refractivity contribution >= 4 is 15.9 Å². The molecule has 154 valence electrons. The first-order chi connectivity index (χ1) is 13.1. The third kappa shape index (κ3) is 2.66. The van der Waals surface area contributed by atoms with Crippen LogP contribution in [0.2, 0.25) is 0 Å². The average molecular weight is 407 g/mol. The lowest BCUT2D eigenvalue weighted by Crippen LogP contribution is -2.51. The first-order valence-electron chi connectivity index (χ1n) is 10.2. The second kappa shape index (κ2) is 6.54. The predicted molar refractivity (Wildman–Crippen MR) is 106 cm³/mol. The number of benzene rings is 1. The molecule has 1 amide bonds. The van der Waals surface area contributed by atoms with Crippen LogP contribution < -0.4 is 0 Å². The molecular weight excluding hydrogens is 376 g/mol. The summed E-state index contributed by atoms with van der Waals surface area (Å²) in [6, 6.07) is 8.25. The number of hydrogen-bond donors (Lipinski definition) is 1. The van der Waals surface area contributed by atoms with Crippen LogP contribution in [0.25, 0.3) is 0 Å². The van der Waals surface area contributed by atoms with Gasteiger partial charge in [0.15, 0.2) is 0 Å². The minimum absolute atomic E-state index is 0.0560. The average Bonchev–Trinajstić information content (AvgIpc) is 3.10. The van der Waals surface area contributed by atoms with Gasteiger partial charge in [0.1, 0.15) is 6.04 Å². The highest BCUT2D eigenvalue weighted by Gasteiger charge is 2.72. The third-order valence-electron chi connectivity index (χ3n) is 7.85. The smallest absolute Gasteiger partial charge is 0.256 e. The maximum Gasteiger partial charge on any atom is 0.256 e. The summed E-state index contributed by atoms with van der Waals surface area (Å²) in [4.78, 5) is 13.4. The van der Waals surface area contributed by atoms with Gasteiger partial charge in [-0.2, -0.15) is 5.06 Å². The van der Waals surface area contributed by atoms with E-state index in [2.05, 4.69) is 13.8 Å². The van der Waals surface area contributed by atoms with Crippen molar-refractivity contribution in [2.24, 2.45) is 16.7 Å². The maximum absolute atomic E-state index is 13.4. The van der Waals surface area contributed by atoms with Crippen molar-refractivity contribution in [3.8, 4) is 0 Å². The van der Waals surface area contributed by atoms with Crippen LogP contribution in [0.5, 0.6) is 0 Å². The topological polar surface area (TPSA) is 77.9 Å². The molecule has 4 rings (SSSR count). The minimum atomic E-state index is -3.68. The second-order valence-electron chi connectivity index (χ2n) is 9.26. The Hall–Kier alpha value is -1.44. The van der Waals surface area contributed by atoms with Crippen LogP contribution in [0.1, 0.15) is 52.0 Å².